The summed E-state index contributed by atoms with van der Waals surface area (Å²) in [7, 11) is 0. The number of amides is 1. The van der Waals surface area contributed by atoms with Crippen molar-refractivity contribution in [3.63, 3.8) is 0 Å². The van der Waals surface area contributed by atoms with Crippen molar-refractivity contribution in [2.75, 3.05) is 17.2 Å². The van der Waals surface area contributed by atoms with Crippen molar-refractivity contribution in [1.29, 1.82) is 0 Å². The van der Waals surface area contributed by atoms with Crippen LogP contribution in [0.15, 0.2) is 53.9 Å². The highest BCUT2D eigenvalue weighted by atomic mass is 127. The van der Waals surface area contributed by atoms with Crippen molar-refractivity contribution in [1.82, 2.24) is 14.9 Å². The molecule has 27 heavy (non-hydrogen) atoms. The van der Waals surface area contributed by atoms with Crippen LogP contribution in [0.5, 0.6) is 0 Å². The maximum atomic E-state index is 11.9. The van der Waals surface area contributed by atoms with E-state index in [0.717, 1.165) is 30.2 Å². The molecule has 0 bridgehead atoms. The van der Waals surface area contributed by atoms with Gasteiger partial charge in [-0.25, -0.2) is 0 Å². The molecule has 0 fully saturated rings. The number of anilines is 2. The minimum atomic E-state index is -0.280. The lowest BCUT2D eigenvalue weighted by atomic mass is 10.1. The van der Waals surface area contributed by atoms with Crippen molar-refractivity contribution in [2.24, 2.45) is 0 Å². The van der Waals surface area contributed by atoms with Crippen molar-refractivity contribution in [2.45, 2.75) is 6.42 Å². The van der Waals surface area contributed by atoms with E-state index in [-0.39, 0.29) is 5.91 Å². The number of carbonyl (C=O) groups excluding carboxylic acids is 1. The molecule has 0 saturated heterocycles. The smallest absolute Gasteiger partial charge is 0.277 e. The average molecular weight is 509 g/mol. The molecule has 0 aliphatic heterocycles. The largest absolute Gasteiger partial charge is 0.362 e. The summed E-state index contributed by atoms with van der Waals surface area (Å²) in [6, 6.07) is 15.7. The first-order chi connectivity index (χ1) is 13.1. The fourth-order valence-electron chi connectivity index (χ4n) is 2.28. The van der Waals surface area contributed by atoms with Crippen LogP contribution in [0, 0.1) is 3.57 Å². The third kappa shape index (κ3) is 6.22. The average Bonchev–Trinajstić information content (AvgIpc) is 3.18. The van der Waals surface area contributed by atoms with Crippen LogP contribution >= 0.6 is 46.3 Å². The predicted octanol–water partition coefficient (Wildman–Crippen LogP) is 3.92. The van der Waals surface area contributed by atoms with Gasteiger partial charge in [-0.3, -0.25) is 4.79 Å². The normalized spacial score (nSPS) is 10.3. The number of hydrogen-bond acceptors (Lipinski definition) is 5. The van der Waals surface area contributed by atoms with Crippen LogP contribution in [-0.2, 0) is 6.42 Å². The van der Waals surface area contributed by atoms with E-state index in [2.05, 4.69) is 72.4 Å². The second-order valence-electron chi connectivity index (χ2n) is 5.58. The molecule has 3 aromatic rings. The number of nitrogens with one attached hydrogen (secondary N) is 3. The van der Waals surface area contributed by atoms with Crippen LogP contribution in [0.25, 0.3) is 0 Å². The lowest BCUT2D eigenvalue weighted by molar-refractivity contribution is 0.102. The fourth-order valence-corrected chi connectivity index (χ4v) is 3.55. The van der Waals surface area contributed by atoms with E-state index in [0.29, 0.717) is 16.5 Å². The summed E-state index contributed by atoms with van der Waals surface area (Å²) in [6.07, 6.45) is 0.898. The van der Waals surface area contributed by atoms with Crippen LogP contribution in [0.2, 0.25) is 0 Å². The van der Waals surface area contributed by atoms with E-state index in [4.69, 9.17) is 12.2 Å². The lowest BCUT2D eigenvalue weighted by Crippen LogP contribution is -2.30. The van der Waals surface area contributed by atoms with E-state index in [9.17, 15) is 4.79 Å². The predicted molar refractivity (Wildman–Crippen MR) is 121 cm³/mol. The third-order valence-electron chi connectivity index (χ3n) is 3.58. The van der Waals surface area contributed by atoms with Crippen LogP contribution in [0.3, 0.4) is 0 Å². The van der Waals surface area contributed by atoms with Gasteiger partial charge in [0, 0.05) is 26.9 Å². The summed E-state index contributed by atoms with van der Waals surface area (Å²) < 4.78 is 4.90. The molecule has 2 aromatic carbocycles. The molecular weight excluding hydrogens is 493 g/mol. The zero-order valence-corrected chi connectivity index (χ0v) is 17.9. The Kier molecular flexibility index (Phi) is 7.07. The molecule has 9 heteroatoms. The summed E-state index contributed by atoms with van der Waals surface area (Å²) in [5.41, 5.74) is 3.10. The molecule has 0 aliphatic rings. The maximum absolute atomic E-state index is 11.9. The summed E-state index contributed by atoms with van der Waals surface area (Å²) in [6.45, 7) is 0.752. The van der Waals surface area contributed by atoms with Crippen molar-refractivity contribution in [3.05, 3.63) is 68.7 Å². The Morgan fingerprint density at radius 2 is 1.85 bits per heavy atom. The number of rotatable bonds is 6. The fraction of sp³-hybridized carbons (Fsp3) is 0.111. The molecule has 0 radical (unpaired) electrons. The van der Waals surface area contributed by atoms with Gasteiger partial charge in [-0.05, 0) is 94.7 Å². The Morgan fingerprint density at radius 1 is 1.11 bits per heavy atom. The molecular formula is C18H16IN5OS2. The second-order valence-corrected chi connectivity index (χ2v) is 7.85. The molecule has 1 amide bonds. The Balaban J connectivity index is 1.44. The lowest BCUT2D eigenvalue weighted by Gasteiger charge is -2.11. The minimum absolute atomic E-state index is 0.280. The van der Waals surface area contributed by atoms with Crippen LogP contribution < -0.4 is 16.0 Å². The van der Waals surface area contributed by atoms with Gasteiger partial charge in [0.25, 0.3) is 5.91 Å². The first-order valence-electron chi connectivity index (χ1n) is 8.08. The third-order valence-corrected chi connectivity index (χ3v) is 5.00. The monoisotopic (exact) mass is 509 g/mol. The Labute approximate surface area is 180 Å². The van der Waals surface area contributed by atoms with Gasteiger partial charge in [0.15, 0.2) is 10.8 Å². The quantitative estimate of drug-likeness (QED) is 0.346. The number of carbonyl (C=O) groups is 1. The van der Waals surface area contributed by atoms with Crippen LogP contribution in [-0.4, -0.2) is 27.2 Å². The number of hydrogen-bond donors (Lipinski definition) is 3. The van der Waals surface area contributed by atoms with Gasteiger partial charge in [-0.15, -0.1) is 5.10 Å². The topological polar surface area (TPSA) is 78.9 Å². The van der Waals surface area contributed by atoms with Gasteiger partial charge in [0.1, 0.15) is 0 Å². The van der Waals surface area contributed by atoms with E-state index in [1.54, 1.807) is 17.5 Å². The molecule has 0 atom stereocenters. The van der Waals surface area contributed by atoms with Gasteiger partial charge < -0.3 is 16.0 Å². The molecule has 6 nitrogen and oxygen atoms in total. The number of nitrogens with zero attached hydrogens (tertiary/aromatic N) is 2. The van der Waals surface area contributed by atoms with E-state index >= 15 is 0 Å². The van der Waals surface area contributed by atoms with E-state index < -0.39 is 0 Å². The highest BCUT2D eigenvalue weighted by Crippen LogP contribution is 2.14. The van der Waals surface area contributed by atoms with Gasteiger partial charge >= 0.3 is 0 Å². The summed E-state index contributed by atoms with van der Waals surface area (Å²) in [5.74, 6) is -0.280. The molecule has 138 valence electrons. The van der Waals surface area contributed by atoms with Gasteiger partial charge in [0.05, 0.1) is 0 Å². The van der Waals surface area contributed by atoms with Crippen molar-refractivity contribution in [3.8, 4) is 0 Å². The van der Waals surface area contributed by atoms with Gasteiger partial charge in [0.2, 0.25) is 0 Å². The number of thiocarbonyl (C=S) groups is 1. The highest BCUT2D eigenvalue weighted by Gasteiger charge is 2.08. The van der Waals surface area contributed by atoms with E-state index in [1.807, 2.05) is 12.1 Å². The molecule has 1 aromatic heterocycles. The second kappa shape index (κ2) is 9.72. The van der Waals surface area contributed by atoms with Crippen LogP contribution in [0.1, 0.15) is 16.1 Å². The molecule has 0 aliphatic carbocycles. The summed E-state index contributed by atoms with van der Waals surface area (Å²) in [5, 5.41) is 15.0. The Hall–Kier alpha value is -2.11. The number of aromatic nitrogens is 2. The standard InChI is InChI=1S/C18H16IN5OS2/c19-13-3-1-2-12(10-13)8-9-20-18(26)22-15-6-4-14(5-7-15)21-17(25)16-11-27-24-23-16/h1-7,10-11H,8-9H2,(H,21,25)(H2,20,22,26). The van der Waals surface area contributed by atoms with Crippen molar-refractivity contribution < 1.29 is 4.79 Å². The van der Waals surface area contributed by atoms with Gasteiger partial charge in [-0.1, -0.05) is 16.6 Å². The zero-order chi connectivity index (χ0) is 19.1. The van der Waals surface area contributed by atoms with Gasteiger partial charge in [-0.2, -0.15) is 0 Å². The first kappa shape index (κ1) is 19.6. The van der Waals surface area contributed by atoms with E-state index in [1.165, 1.54) is 9.13 Å². The SMILES string of the molecule is O=C(Nc1ccc(NC(=S)NCCc2cccc(I)c2)cc1)c1csnn1. The number of benzene rings is 2. The first-order valence-corrected chi connectivity index (χ1v) is 10.4. The Bertz CT molecular complexity index is 916. The summed E-state index contributed by atoms with van der Waals surface area (Å²) >= 11 is 8.77. The molecule has 3 N–H and O–H groups in total. The maximum Gasteiger partial charge on any atom is 0.277 e. The van der Waals surface area contributed by atoms with Crippen LogP contribution in [0.4, 0.5) is 11.4 Å². The Morgan fingerprint density at radius 3 is 2.52 bits per heavy atom. The molecule has 3 rings (SSSR count). The summed E-state index contributed by atoms with van der Waals surface area (Å²) in [4.78, 5) is 11.9. The minimum Gasteiger partial charge on any atom is -0.362 e. The number of halogens is 1. The highest BCUT2D eigenvalue weighted by molar-refractivity contribution is 14.1. The molecule has 1 heterocycles. The molecule has 0 unspecified atom stereocenters. The van der Waals surface area contributed by atoms with Crippen molar-refractivity contribution >= 4 is 68.7 Å². The zero-order valence-electron chi connectivity index (χ0n) is 14.1. The molecule has 0 spiro atoms. The molecule has 0 saturated carbocycles.